The highest BCUT2D eigenvalue weighted by molar-refractivity contribution is 5.98. The summed E-state index contributed by atoms with van der Waals surface area (Å²) in [5.41, 5.74) is 2.31. The van der Waals surface area contributed by atoms with E-state index in [-0.39, 0.29) is 18.4 Å². The number of carbonyl (C=O) groups is 2. The molecule has 0 unspecified atom stereocenters. The van der Waals surface area contributed by atoms with Crippen LogP contribution in [0.25, 0.3) is 6.08 Å². The van der Waals surface area contributed by atoms with Crippen molar-refractivity contribution in [2.45, 2.75) is 13.0 Å². The maximum atomic E-state index is 12.2. The third kappa shape index (κ3) is 5.54. The van der Waals surface area contributed by atoms with Crippen LogP contribution in [-0.2, 0) is 14.3 Å². The van der Waals surface area contributed by atoms with Crippen molar-refractivity contribution in [3.05, 3.63) is 59.2 Å². The molecular weight excluding hydrogens is 398 g/mol. The van der Waals surface area contributed by atoms with E-state index in [0.29, 0.717) is 17.1 Å². The van der Waals surface area contributed by atoms with Gasteiger partial charge in [-0.15, -0.1) is 0 Å². The fraction of sp³-hybridized carbons (Fsp3) is 0.261. The van der Waals surface area contributed by atoms with E-state index in [2.05, 4.69) is 5.32 Å². The van der Waals surface area contributed by atoms with Crippen LogP contribution >= 0.6 is 0 Å². The molecule has 1 amide bonds. The van der Waals surface area contributed by atoms with E-state index in [1.807, 2.05) is 43.3 Å². The lowest BCUT2D eigenvalue weighted by Crippen LogP contribution is -2.31. The van der Waals surface area contributed by atoms with E-state index in [1.54, 1.807) is 31.2 Å². The quantitative estimate of drug-likeness (QED) is 0.417. The Morgan fingerprint density at radius 3 is 2.58 bits per heavy atom. The van der Waals surface area contributed by atoms with Crippen molar-refractivity contribution in [2.75, 3.05) is 32.4 Å². The first-order valence-corrected chi connectivity index (χ1v) is 9.62. The van der Waals surface area contributed by atoms with Gasteiger partial charge in [-0.3, -0.25) is 4.79 Å². The van der Waals surface area contributed by atoms with Crippen molar-refractivity contribution in [1.82, 2.24) is 5.32 Å². The molecule has 31 heavy (non-hydrogen) atoms. The predicted octanol–water partition coefficient (Wildman–Crippen LogP) is 2.81. The van der Waals surface area contributed by atoms with Crippen LogP contribution < -0.4 is 19.7 Å². The molecule has 0 fully saturated rings. The molecule has 0 spiro atoms. The molecule has 0 aromatic heterocycles. The summed E-state index contributed by atoms with van der Waals surface area (Å²) < 4.78 is 15.6. The van der Waals surface area contributed by atoms with Crippen LogP contribution in [0.5, 0.6) is 11.5 Å². The number of nitrogens with one attached hydrogen (secondary N) is 1. The smallest absolute Gasteiger partial charge is 0.349 e. The van der Waals surface area contributed by atoms with Crippen molar-refractivity contribution in [3.8, 4) is 17.6 Å². The molecule has 1 N–H and O–H groups in total. The second-order valence-corrected chi connectivity index (χ2v) is 7.13. The molecule has 1 atom stereocenters. The van der Waals surface area contributed by atoms with E-state index in [4.69, 9.17) is 14.2 Å². The highest BCUT2D eigenvalue weighted by atomic mass is 16.7. The van der Waals surface area contributed by atoms with Crippen LogP contribution in [0.2, 0.25) is 0 Å². The maximum absolute atomic E-state index is 12.2. The van der Waals surface area contributed by atoms with E-state index < -0.39 is 18.5 Å². The Balaban J connectivity index is 1.54. The number of rotatable bonds is 7. The lowest BCUT2D eigenvalue weighted by molar-refractivity contribution is -0.144. The number of ether oxygens (including phenoxy) is 3. The predicted molar refractivity (Wildman–Crippen MR) is 114 cm³/mol. The van der Waals surface area contributed by atoms with Gasteiger partial charge in [-0.1, -0.05) is 18.2 Å². The Morgan fingerprint density at radius 1 is 1.19 bits per heavy atom. The van der Waals surface area contributed by atoms with Gasteiger partial charge in [-0.25, -0.2) is 4.79 Å². The Bertz CT molecular complexity index is 1040. The number of carbonyl (C=O) groups excluding carboxylic acids is 2. The van der Waals surface area contributed by atoms with Crippen molar-refractivity contribution in [3.63, 3.8) is 0 Å². The van der Waals surface area contributed by atoms with Crippen molar-refractivity contribution >= 4 is 23.6 Å². The lowest BCUT2D eigenvalue weighted by Gasteiger charge is -2.15. The van der Waals surface area contributed by atoms with Gasteiger partial charge >= 0.3 is 5.97 Å². The molecule has 3 rings (SSSR count). The largest absolute Gasteiger partial charge is 0.454 e. The summed E-state index contributed by atoms with van der Waals surface area (Å²) in [6, 6.07) is 14.2. The number of amides is 1. The second kappa shape index (κ2) is 9.67. The Labute approximate surface area is 180 Å². The summed E-state index contributed by atoms with van der Waals surface area (Å²) in [6.45, 7) is 1.48. The third-order valence-electron chi connectivity index (χ3n) is 4.67. The molecule has 1 aliphatic rings. The Morgan fingerprint density at radius 2 is 1.90 bits per heavy atom. The summed E-state index contributed by atoms with van der Waals surface area (Å²) >= 11 is 0. The van der Waals surface area contributed by atoms with Crippen LogP contribution in [0.15, 0.2) is 48.0 Å². The molecule has 0 radical (unpaired) electrons. The number of nitriles is 1. The first kappa shape index (κ1) is 21.7. The molecule has 1 aliphatic heterocycles. The van der Waals surface area contributed by atoms with Gasteiger partial charge in [0.1, 0.15) is 11.6 Å². The molecule has 0 aliphatic carbocycles. The average molecular weight is 421 g/mol. The van der Waals surface area contributed by atoms with E-state index in [9.17, 15) is 14.9 Å². The van der Waals surface area contributed by atoms with Gasteiger partial charge in [-0.2, -0.15) is 5.26 Å². The molecule has 8 nitrogen and oxygen atoms in total. The lowest BCUT2D eigenvalue weighted by atomic mass is 10.1. The van der Waals surface area contributed by atoms with Gasteiger partial charge in [0.05, 0.1) is 6.04 Å². The van der Waals surface area contributed by atoms with Crippen LogP contribution in [0.3, 0.4) is 0 Å². The van der Waals surface area contributed by atoms with Crippen molar-refractivity contribution in [2.24, 2.45) is 0 Å². The highest BCUT2D eigenvalue weighted by Gasteiger charge is 2.18. The van der Waals surface area contributed by atoms with Crippen LogP contribution in [0, 0.1) is 11.3 Å². The van der Waals surface area contributed by atoms with Crippen LogP contribution in [0.1, 0.15) is 24.1 Å². The second-order valence-electron chi connectivity index (χ2n) is 7.13. The van der Waals surface area contributed by atoms with E-state index in [1.165, 1.54) is 6.08 Å². The number of fused-ring (bicyclic) bond motifs is 1. The third-order valence-corrected chi connectivity index (χ3v) is 4.67. The summed E-state index contributed by atoms with van der Waals surface area (Å²) in [4.78, 5) is 26.3. The van der Waals surface area contributed by atoms with Crippen molar-refractivity contribution in [1.29, 1.82) is 5.26 Å². The molecular formula is C23H23N3O5. The minimum absolute atomic E-state index is 0.171. The van der Waals surface area contributed by atoms with Gasteiger partial charge in [0.2, 0.25) is 6.79 Å². The number of benzene rings is 2. The summed E-state index contributed by atoms with van der Waals surface area (Å²) in [7, 11) is 3.84. The van der Waals surface area contributed by atoms with Gasteiger partial charge in [0, 0.05) is 19.8 Å². The van der Waals surface area contributed by atoms with E-state index >= 15 is 0 Å². The molecule has 0 bridgehead atoms. The molecule has 160 valence electrons. The zero-order valence-electron chi connectivity index (χ0n) is 17.5. The fourth-order valence-electron chi connectivity index (χ4n) is 2.93. The van der Waals surface area contributed by atoms with Gasteiger partial charge in [0.15, 0.2) is 18.1 Å². The fourth-order valence-corrected chi connectivity index (χ4v) is 2.93. The topological polar surface area (TPSA) is 101 Å². The average Bonchev–Trinajstić information content (AvgIpc) is 3.24. The Kier molecular flexibility index (Phi) is 6.78. The molecule has 0 saturated heterocycles. The summed E-state index contributed by atoms with van der Waals surface area (Å²) in [5.74, 6) is -0.0629. The maximum Gasteiger partial charge on any atom is 0.349 e. The minimum atomic E-state index is -0.856. The highest BCUT2D eigenvalue weighted by Crippen LogP contribution is 2.34. The standard InChI is InChI=1S/C23H23N3O5/c1-15(17-6-9-20-21(11-17)31-14-30-20)25-22(27)13-29-23(28)18(12-24)10-16-4-7-19(8-5-16)26(2)3/h4-11,15H,13-14H2,1-3H3,(H,25,27)/b18-10+/t15-/m1/s1. The number of hydrogen-bond acceptors (Lipinski definition) is 7. The first-order valence-electron chi connectivity index (χ1n) is 9.62. The van der Waals surface area contributed by atoms with E-state index in [0.717, 1.165) is 11.3 Å². The molecule has 2 aromatic rings. The van der Waals surface area contributed by atoms with Crippen molar-refractivity contribution < 1.29 is 23.8 Å². The summed E-state index contributed by atoms with van der Waals surface area (Å²) in [5, 5.41) is 12.0. The molecule has 0 saturated carbocycles. The number of esters is 1. The number of nitrogens with zero attached hydrogens (tertiary/aromatic N) is 2. The first-order chi connectivity index (χ1) is 14.9. The minimum Gasteiger partial charge on any atom is -0.454 e. The Hall–Kier alpha value is -3.99. The number of anilines is 1. The number of hydrogen-bond donors (Lipinski definition) is 1. The van der Waals surface area contributed by atoms with Gasteiger partial charge in [-0.05, 0) is 48.4 Å². The molecule has 8 heteroatoms. The molecule has 1 heterocycles. The zero-order valence-corrected chi connectivity index (χ0v) is 17.5. The van der Waals surface area contributed by atoms with Gasteiger partial charge < -0.3 is 24.4 Å². The summed E-state index contributed by atoms with van der Waals surface area (Å²) in [6.07, 6.45) is 1.43. The van der Waals surface area contributed by atoms with Crippen LogP contribution in [0.4, 0.5) is 5.69 Å². The SMILES string of the molecule is C[C@@H](NC(=O)COC(=O)/C(C#N)=C/c1ccc(N(C)C)cc1)c1ccc2c(c1)OCO2. The normalized spacial score (nSPS) is 13.2. The zero-order chi connectivity index (χ0) is 22.4. The monoisotopic (exact) mass is 421 g/mol. The molecule has 2 aromatic carbocycles. The van der Waals surface area contributed by atoms with Gasteiger partial charge in [0.25, 0.3) is 5.91 Å². The van der Waals surface area contributed by atoms with Crippen LogP contribution in [-0.4, -0.2) is 39.4 Å².